The lowest BCUT2D eigenvalue weighted by Crippen LogP contribution is -2.41. The number of hydrogen-bond acceptors (Lipinski definition) is 4. The molecule has 6 nitrogen and oxygen atoms in total. The van der Waals surface area contributed by atoms with Gasteiger partial charge in [-0.15, -0.1) is 0 Å². The van der Waals surface area contributed by atoms with E-state index in [2.05, 4.69) is 15.3 Å². The maximum atomic E-state index is 13.0. The van der Waals surface area contributed by atoms with E-state index in [1.54, 1.807) is 13.0 Å². The van der Waals surface area contributed by atoms with Gasteiger partial charge >= 0.3 is 12.2 Å². The van der Waals surface area contributed by atoms with Crippen LogP contribution in [0.15, 0.2) is 36.5 Å². The topological polar surface area (TPSA) is 75.2 Å². The summed E-state index contributed by atoms with van der Waals surface area (Å²) < 4.78 is 38.9. The standard InChI is InChI=1S/C17H15F3N4O2/c1-10-21-7-6-13(22-10)9-24-14(25)16(2,23-15(24)26)11-4-3-5-12(8-11)17(18,19)20/h3-8H,9H2,1-2H3,(H,23,26). The van der Waals surface area contributed by atoms with Crippen LogP contribution in [0.4, 0.5) is 18.0 Å². The summed E-state index contributed by atoms with van der Waals surface area (Å²) in [5.74, 6) is -0.159. The summed E-state index contributed by atoms with van der Waals surface area (Å²) in [7, 11) is 0. The summed E-state index contributed by atoms with van der Waals surface area (Å²) in [4.78, 5) is 34.1. The van der Waals surface area contributed by atoms with Crippen molar-refractivity contribution in [2.45, 2.75) is 32.1 Å². The number of hydrogen-bond donors (Lipinski definition) is 1. The molecule has 1 aliphatic rings. The Kier molecular flexibility index (Phi) is 4.17. The molecule has 3 rings (SSSR count). The van der Waals surface area contributed by atoms with Gasteiger partial charge in [-0.3, -0.25) is 9.69 Å². The van der Waals surface area contributed by atoms with Crippen LogP contribution in [0, 0.1) is 6.92 Å². The monoisotopic (exact) mass is 364 g/mol. The first kappa shape index (κ1) is 17.8. The second kappa shape index (κ2) is 6.08. The van der Waals surface area contributed by atoms with E-state index in [1.807, 2.05) is 0 Å². The Morgan fingerprint density at radius 2 is 1.96 bits per heavy atom. The lowest BCUT2D eigenvalue weighted by atomic mass is 9.90. The minimum atomic E-state index is -4.55. The fraction of sp³-hybridized carbons (Fsp3) is 0.294. The number of urea groups is 1. The van der Waals surface area contributed by atoms with Crippen LogP contribution in [0.25, 0.3) is 0 Å². The summed E-state index contributed by atoms with van der Waals surface area (Å²) in [5, 5.41) is 2.49. The van der Waals surface area contributed by atoms with Gasteiger partial charge in [0.1, 0.15) is 11.4 Å². The maximum absolute atomic E-state index is 13.0. The Hall–Kier alpha value is -2.97. The largest absolute Gasteiger partial charge is 0.416 e. The zero-order chi connectivity index (χ0) is 19.1. The Labute approximate surface area is 147 Å². The zero-order valence-electron chi connectivity index (χ0n) is 14.0. The van der Waals surface area contributed by atoms with Crippen molar-refractivity contribution in [1.29, 1.82) is 0 Å². The average Bonchev–Trinajstić information content (AvgIpc) is 2.79. The number of aromatic nitrogens is 2. The number of carbonyl (C=O) groups is 2. The molecule has 0 saturated carbocycles. The fourth-order valence-electron chi connectivity index (χ4n) is 2.80. The molecular weight excluding hydrogens is 349 g/mol. The molecule has 0 radical (unpaired) electrons. The van der Waals surface area contributed by atoms with E-state index in [0.717, 1.165) is 17.0 Å². The smallest absolute Gasteiger partial charge is 0.319 e. The van der Waals surface area contributed by atoms with Crippen LogP contribution in [0.5, 0.6) is 0 Å². The Morgan fingerprint density at radius 3 is 2.62 bits per heavy atom. The summed E-state index contributed by atoms with van der Waals surface area (Å²) in [6.07, 6.45) is -3.04. The number of halogens is 3. The second-order valence-electron chi connectivity index (χ2n) is 6.12. The van der Waals surface area contributed by atoms with Crippen molar-refractivity contribution in [1.82, 2.24) is 20.2 Å². The van der Waals surface area contributed by atoms with Gasteiger partial charge in [-0.2, -0.15) is 13.2 Å². The minimum Gasteiger partial charge on any atom is -0.319 e. The number of alkyl halides is 3. The van der Waals surface area contributed by atoms with Crippen molar-refractivity contribution in [3.05, 3.63) is 59.2 Å². The van der Waals surface area contributed by atoms with Crippen LogP contribution < -0.4 is 5.32 Å². The van der Waals surface area contributed by atoms with E-state index in [9.17, 15) is 22.8 Å². The van der Waals surface area contributed by atoms with Crippen molar-refractivity contribution < 1.29 is 22.8 Å². The molecule has 1 atom stereocenters. The van der Waals surface area contributed by atoms with Crippen LogP contribution in [-0.4, -0.2) is 26.8 Å². The molecule has 1 N–H and O–H groups in total. The van der Waals surface area contributed by atoms with Crippen LogP contribution in [0.3, 0.4) is 0 Å². The van der Waals surface area contributed by atoms with Crippen LogP contribution in [-0.2, 0) is 23.1 Å². The quantitative estimate of drug-likeness (QED) is 0.850. The van der Waals surface area contributed by atoms with E-state index in [-0.39, 0.29) is 12.1 Å². The SMILES string of the molecule is Cc1nccc(CN2C(=O)NC(C)(c3cccc(C(F)(F)F)c3)C2=O)n1. The third kappa shape index (κ3) is 3.12. The Bertz CT molecular complexity index is 884. The molecule has 1 aliphatic heterocycles. The first-order valence-corrected chi connectivity index (χ1v) is 7.71. The van der Waals surface area contributed by atoms with Crippen LogP contribution >= 0.6 is 0 Å². The number of rotatable bonds is 3. The summed E-state index contributed by atoms with van der Waals surface area (Å²) in [6.45, 7) is 2.96. The van der Waals surface area contributed by atoms with E-state index < -0.39 is 29.2 Å². The van der Waals surface area contributed by atoms with Crippen molar-refractivity contribution in [3.8, 4) is 0 Å². The molecule has 1 fully saturated rings. The normalized spacial score (nSPS) is 20.4. The Balaban J connectivity index is 1.92. The van der Waals surface area contributed by atoms with Gasteiger partial charge in [-0.05, 0) is 37.6 Å². The number of carbonyl (C=O) groups excluding carboxylic acids is 2. The molecule has 0 spiro atoms. The van der Waals surface area contributed by atoms with E-state index in [4.69, 9.17) is 0 Å². The summed E-state index contributed by atoms with van der Waals surface area (Å²) in [6, 6.07) is 5.25. The maximum Gasteiger partial charge on any atom is 0.416 e. The van der Waals surface area contributed by atoms with Gasteiger partial charge in [0.15, 0.2) is 0 Å². The van der Waals surface area contributed by atoms with E-state index >= 15 is 0 Å². The molecule has 1 aromatic heterocycles. The third-order valence-corrected chi connectivity index (χ3v) is 4.20. The second-order valence-corrected chi connectivity index (χ2v) is 6.12. The van der Waals surface area contributed by atoms with Gasteiger partial charge in [-0.1, -0.05) is 12.1 Å². The molecule has 3 amide bonds. The predicted molar refractivity (Wildman–Crippen MR) is 84.6 cm³/mol. The van der Waals surface area contributed by atoms with Gasteiger partial charge in [0.05, 0.1) is 17.8 Å². The number of aryl methyl sites for hydroxylation is 1. The number of amides is 3. The van der Waals surface area contributed by atoms with Gasteiger partial charge < -0.3 is 5.32 Å². The fourth-order valence-corrected chi connectivity index (χ4v) is 2.80. The lowest BCUT2D eigenvalue weighted by Gasteiger charge is -2.23. The van der Waals surface area contributed by atoms with Gasteiger partial charge in [-0.25, -0.2) is 14.8 Å². The molecule has 9 heteroatoms. The first-order valence-electron chi connectivity index (χ1n) is 7.71. The zero-order valence-corrected chi connectivity index (χ0v) is 14.0. The van der Waals surface area contributed by atoms with Crippen molar-refractivity contribution in [2.75, 3.05) is 0 Å². The molecule has 1 aromatic carbocycles. The number of benzene rings is 1. The molecule has 1 unspecified atom stereocenters. The molecular formula is C17H15F3N4O2. The minimum absolute atomic E-state index is 0.0621. The van der Waals surface area contributed by atoms with Crippen molar-refractivity contribution >= 4 is 11.9 Å². The van der Waals surface area contributed by atoms with Crippen LogP contribution in [0.2, 0.25) is 0 Å². The molecule has 136 valence electrons. The lowest BCUT2D eigenvalue weighted by molar-refractivity contribution is -0.138. The molecule has 2 aromatic rings. The molecule has 26 heavy (non-hydrogen) atoms. The highest BCUT2D eigenvalue weighted by Crippen LogP contribution is 2.34. The predicted octanol–water partition coefficient (Wildman–Crippen LogP) is 2.77. The van der Waals surface area contributed by atoms with E-state index in [1.165, 1.54) is 25.3 Å². The van der Waals surface area contributed by atoms with Gasteiger partial charge in [0.25, 0.3) is 5.91 Å². The highest BCUT2D eigenvalue weighted by molar-refractivity contribution is 6.07. The van der Waals surface area contributed by atoms with Crippen molar-refractivity contribution in [3.63, 3.8) is 0 Å². The van der Waals surface area contributed by atoms with Crippen molar-refractivity contribution in [2.24, 2.45) is 0 Å². The molecule has 1 saturated heterocycles. The summed E-state index contributed by atoms with van der Waals surface area (Å²) >= 11 is 0. The molecule has 0 aliphatic carbocycles. The Morgan fingerprint density at radius 1 is 1.23 bits per heavy atom. The highest BCUT2D eigenvalue weighted by atomic mass is 19.4. The third-order valence-electron chi connectivity index (χ3n) is 4.20. The number of imide groups is 1. The summed E-state index contributed by atoms with van der Waals surface area (Å²) in [5.41, 5.74) is -1.95. The number of nitrogens with one attached hydrogen (secondary N) is 1. The number of nitrogens with zero attached hydrogens (tertiary/aromatic N) is 3. The highest BCUT2D eigenvalue weighted by Gasteiger charge is 2.49. The molecule has 2 heterocycles. The van der Waals surface area contributed by atoms with Gasteiger partial charge in [0, 0.05) is 6.20 Å². The average molecular weight is 364 g/mol. The van der Waals surface area contributed by atoms with Crippen LogP contribution in [0.1, 0.15) is 29.6 Å². The molecule has 0 bridgehead atoms. The van der Waals surface area contributed by atoms with E-state index in [0.29, 0.717) is 11.5 Å². The van der Waals surface area contributed by atoms with Gasteiger partial charge in [0.2, 0.25) is 0 Å². The first-order chi connectivity index (χ1) is 12.1.